The summed E-state index contributed by atoms with van der Waals surface area (Å²) in [4.78, 5) is 16.5. The van der Waals surface area contributed by atoms with Gasteiger partial charge in [0.2, 0.25) is 0 Å². The van der Waals surface area contributed by atoms with Gasteiger partial charge in [0.25, 0.3) is 5.91 Å². The van der Waals surface area contributed by atoms with E-state index in [1.807, 2.05) is 48.2 Å². The highest BCUT2D eigenvalue weighted by Crippen LogP contribution is 2.21. The zero-order chi connectivity index (χ0) is 19.2. The van der Waals surface area contributed by atoms with Crippen LogP contribution in [0.1, 0.15) is 32.2 Å². The number of hydrogen-bond acceptors (Lipinski definition) is 3. The van der Waals surface area contributed by atoms with Crippen molar-refractivity contribution >= 4 is 17.2 Å². The van der Waals surface area contributed by atoms with E-state index >= 15 is 0 Å². The Kier molecular flexibility index (Phi) is 6.48. The van der Waals surface area contributed by atoms with Crippen LogP contribution in [-0.4, -0.2) is 35.6 Å². The predicted octanol–water partition coefficient (Wildman–Crippen LogP) is 4.50. The molecule has 0 bridgehead atoms. The average Bonchev–Trinajstić information content (AvgIpc) is 3.29. The lowest BCUT2D eigenvalue weighted by Crippen LogP contribution is -2.33. The van der Waals surface area contributed by atoms with Gasteiger partial charge in [0.1, 0.15) is 0 Å². The van der Waals surface area contributed by atoms with Gasteiger partial charge in [-0.1, -0.05) is 36.4 Å². The number of aryl methyl sites for hydroxylation is 1. The molecule has 4 nitrogen and oxygen atoms in total. The molecule has 5 heteroatoms. The molecule has 0 N–H and O–H groups in total. The molecule has 3 aromatic rings. The Balaban J connectivity index is 1.84. The minimum atomic E-state index is 0.0569. The van der Waals surface area contributed by atoms with Crippen LogP contribution in [0.25, 0.3) is 0 Å². The second-order valence-corrected chi connectivity index (χ2v) is 7.69. The van der Waals surface area contributed by atoms with Gasteiger partial charge in [0, 0.05) is 36.5 Å². The number of benzene rings is 1. The van der Waals surface area contributed by atoms with Crippen molar-refractivity contribution in [1.82, 2.24) is 9.47 Å². The third-order valence-corrected chi connectivity index (χ3v) is 5.63. The molecular formula is C22H26N2O2S. The van der Waals surface area contributed by atoms with Gasteiger partial charge in [-0.05, 0) is 36.9 Å². The van der Waals surface area contributed by atoms with E-state index in [0.717, 1.165) is 29.1 Å². The number of nitrogens with zero attached hydrogens (tertiary/aromatic N) is 2. The average molecular weight is 383 g/mol. The third-order valence-electron chi connectivity index (χ3n) is 4.77. The summed E-state index contributed by atoms with van der Waals surface area (Å²) < 4.78 is 7.45. The molecule has 0 fully saturated rings. The fourth-order valence-electron chi connectivity index (χ4n) is 3.25. The van der Waals surface area contributed by atoms with Gasteiger partial charge < -0.3 is 14.2 Å². The molecule has 0 spiro atoms. The van der Waals surface area contributed by atoms with E-state index in [1.165, 1.54) is 4.88 Å². The summed E-state index contributed by atoms with van der Waals surface area (Å²) in [5.74, 6) is 0.0569. The lowest BCUT2D eigenvalue weighted by atomic mass is 10.1. The first-order valence-corrected chi connectivity index (χ1v) is 9.99. The Labute approximate surface area is 165 Å². The first kappa shape index (κ1) is 19.4. The smallest absolute Gasteiger partial charge is 0.256 e. The number of carbonyl (C=O) groups is 1. The summed E-state index contributed by atoms with van der Waals surface area (Å²) in [5, 5.41) is 2.09. The van der Waals surface area contributed by atoms with Crippen LogP contribution >= 0.6 is 11.3 Å². The molecule has 0 saturated carbocycles. The fraction of sp³-hybridized carbons (Fsp3) is 0.318. The highest BCUT2D eigenvalue weighted by atomic mass is 32.1. The SMILES string of the molecule is COCCN(Cc1ccccc1)C(=O)c1cc(C)n(Cc2cccs2)c1C. The normalized spacial score (nSPS) is 10.9. The van der Waals surface area contributed by atoms with Crippen LogP contribution in [0.2, 0.25) is 0 Å². The van der Waals surface area contributed by atoms with Crippen molar-refractivity contribution in [3.8, 4) is 0 Å². The molecule has 0 radical (unpaired) electrons. The fourth-order valence-corrected chi connectivity index (χ4v) is 3.94. The molecule has 2 heterocycles. The number of aromatic nitrogens is 1. The van der Waals surface area contributed by atoms with E-state index in [0.29, 0.717) is 19.7 Å². The zero-order valence-electron chi connectivity index (χ0n) is 16.1. The first-order valence-electron chi connectivity index (χ1n) is 9.11. The number of amides is 1. The predicted molar refractivity (Wildman–Crippen MR) is 110 cm³/mol. The lowest BCUT2D eigenvalue weighted by Gasteiger charge is -2.23. The first-order chi connectivity index (χ1) is 13.1. The molecule has 1 aromatic carbocycles. The van der Waals surface area contributed by atoms with Crippen LogP contribution in [-0.2, 0) is 17.8 Å². The van der Waals surface area contributed by atoms with Crippen molar-refractivity contribution in [3.05, 3.63) is 81.3 Å². The summed E-state index contributed by atoms with van der Waals surface area (Å²) in [6, 6.07) is 16.3. The van der Waals surface area contributed by atoms with Crippen LogP contribution < -0.4 is 0 Å². The maximum absolute atomic E-state index is 13.3. The lowest BCUT2D eigenvalue weighted by molar-refractivity contribution is 0.0679. The molecule has 0 unspecified atom stereocenters. The Morgan fingerprint density at radius 2 is 1.93 bits per heavy atom. The van der Waals surface area contributed by atoms with Crippen molar-refractivity contribution in [2.75, 3.05) is 20.3 Å². The maximum Gasteiger partial charge on any atom is 0.256 e. The van der Waals surface area contributed by atoms with Gasteiger partial charge in [0.05, 0.1) is 18.7 Å². The largest absolute Gasteiger partial charge is 0.383 e. The van der Waals surface area contributed by atoms with Crippen molar-refractivity contribution < 1.29 is 9.53 Å². The van der Waals surface area contributed by atoms with E-state index < -0.39 is 0 Å². The Bertz CT molecular complexity index is 869. The molecule has 0 aliphatic rings. The van der Waals surface area contributed by atoms with Crippen molar-refractivity contribution in [2.45, 2.75) is 26.9 Å². The molecule has 142 valence electrons. The van der Waals surface area contributed by atoms with Crippen molar-refractivity contribution in [3.63, 3.8) is 0 Å². The highest BCUT2D eigenvalue weighted by molar-refractivity contribution is 7.09. The minimum absolute atomic E-state index is 0.0569. The van der Waals surface area contributed by atoms with Gasteiger partial charge in [-0.3, -0.25) is 4.79 Å². The van der Waals surface area contributed by atoms with Gasteiger partial charge in [-0.2, -0.15) is 0 Å². The van der Waals surface area contributed by atoms with Gasteiger partial charge in [-0.15, -0.1) is 11.3 Å². The Morgan fingerprint density at radius 3 is 2.59 bits per heavy atom. The van der Waals surface area contributed by atoms with E-state index in [2.05, 4.69) is 29.0 Å². The summed E-state index contributed by atoms with van der Waals surface area (Å²) in [6.45, 7) is 6.57. The summed E-state index contributed by atoms with van der Waals surface area (Å²) in [6.07, 6.45) is 0. The highest BCUT2D eigenvalue weighted by Gasteiger charge is 2.21. The molecular weight excluding hydrogens is 356 g/mol. The number of carbonyl (C=O) groups excluding carboxylic acids is 1. The molecule has 27 heavy (non-hydrogen) atoms. The topological polar surface area (TPSA) is 34.5 Å². The number of thiophene rings is 1. The number of rotatable bonds is 8. The van der Waals surface area contributed by atoms with E-state index in [9.17, 15) is 4.79 Å². The Hall–Kier alpha value is -2.37. The summed E-state index contributed by atoms with van der Waals surface area (Å²) in [7, 11) is 1.66. The van der Waals surface area contributed by atoms with Crippen LogP contribution in [0.4, 0.5) is 0 Å². The molecule has 3 rings (SSSR count). The van der Waals surface area contributed by atoms with E-state index in [1.54, 1.807) is 18.4 Å². The molecule has 0 aliphatic heterocycles. The Morgan fingerprint density at radius 1 is 1.15 bits per heavy atom. The van der Waals surface area contributed by atoms with Crippen LogP contribution in [0.5, 0.6) is 0 Å². The zero-order valence-corrected chi connectivity index (χ0v) is 17.0. The number of ether oxygens (including phenoxy) is 1. The number of methoxy groups -OCH3 is 1. The van der Waals surface area contributed by atoms with Gasteiger partial charge >= 0.3 is 0 Å². The quantitative estimate of drug-likeness (QED) is 0.575. The maximum atomic E-state index is 13.3. The number of hydrogen-bond donors (Lipinski definition) is 0. The van der Waals surface area contributed by atoms with Crippen molar-refractivity contribution in [2.24, 2.45) is 0 Å². The third kappa shape index (κ3) is 4.67. The van der Waals surface area contributed by atoms with Gasteiger partial charge in [0.15, 0.2) is 0 Å². The van der Waals surface area contributed by atoms with Crippen molar-refractivity contribution in [1.29, 1.82) is 0 Å². The summed E-state index contributed by atoms with van der Waals surface area (Å²) in [5.41, 5.74) is 4.02. The molecule has 0 saturated heterocycles. The standard InChI is InChI=1S/C22H26N2O2S/c1-17-14-21(18(2)24(17)16-20-10-7-13-27-20)22(25)23(11-12-26-3)15-19-8-5-4-6-9-19/h4-10,13-14H,11-12,15-16H2,1-3H3. The molecule has 0 aliphatic carbocycles. The van der Waals surface area contributed by atoms with Crippen LogP contribution in [0.15, 0.2) is 53.9 Å². The monoisotopic (exact) mass is 382 g/mol. The minimum Gasteiger partial charge on any atom is -0.383 e. The molecule has 2 aromatic heterocycles. The molecule has 0 atom stereocenters. The molecule has 1 amide bonds. The van der Waals surface area contributed by atoms with Crippen LogP contribution in [0, 0.1) is 13.8 Å². The van der Waals surface area contributed by atoms with E-state index in [4.69, 9.17) is 4.74 Å². The second kappa shape index (κ2) is 9.02. The van der Waals surface area contributed by atoms with Gasteiger partial charge in [-0.25, -0.2) is 0 Å². The second-order valence-electron chi connectivity index (χ2n) is 6.66. The van der Waals surface area contributed by atoms with Crippen LogP contribution in [0.3, 0.4) is 0 Å². The van der Waals surface area contributed by atoms with E-state index in [-0.39, 0.29) is 5.91 Å². The summed E-state index contributed by atoms with van der Waals surface area (Å²) >= 11 is 1.74.